The Hall–Kier alpha value is -0.530. The first-order valence-electron chi connectivity index (χ1n) is 5.67. The summed E-state index contributed by atoms with van der Waals surface area (Å²) >= 11 is 2.90. The molecular weight excluding hydrogens is 340 g/mol. The molecule has 0 aliphatic heterocycles. The highest BCUT2D eigenvalue weighted by atomic mass is 79.9. The van der Waals surface area contributed by atoms with Crippen molar-refractivity contribution >= 4 is 26.0 Å². The summed E-state index contributed by atoms with van der Waals surface area (Å²) in [6, 6.07) is 1.49. The van der Waals surface area contributed by atoms with E-state index < -0.39 is 32.1 Å². The largest absolute Gasteiger partial charge is 0.247 e. The quantitative estimate of drug-likeness (QED) is 0.828. The Balaban J connectivity index is 3.45. The molecule has 1 aromatic rings. The Morgan fingerprint density at radius 2 is 1.84 bits per heavy atom. The standard InChI is InChI=1S/C12H16BrF2NO2S/c1-5-12(2,3)16(4)19(17,18)11-9(13)6-8(14)7-10(11)15/h6-7H,5H2,1-4H3. The molecule has 0 amide bonds. The summed E-state index contributed by atoms with van der Waals surface area (Å²) in [6.07, 6.45) is 0.559. The van der Waals surface area contributed by atoms with Crippen molar-refractivity contribution in [3.8, 4) is 0 Å². The van der Waals surface area contributed by atoms with Crippen LogP contribution < -0.4 is 0 Å². The smallest absolute Gasteiger partial charge is 0.207 e. The topological polar surface area (TPSA) is 37.4 Å². The Kier molecular flexibility index (Phi) is 4.75. The third-order valence-electron chi connectivity index (χ3n) is 3.30. The molecule has 7 heteroatoms. The van der Waals surface area contributed by atoms with Crippen LogP contribution in [0.3, 0.4) is 0 Å². The molecule has 0 unspecified atom stereocenters. The predicted molar refractivity (Wildman–Crippen MR) is 73.4 cm³/mol. The summed E-state index contributed by atoms with van der Waals surface area (Å²) in [6.45, 7) is 5.31. The molecule has 1 rings (SSSR count). The van der Waals surface area contributed by atoms with Crippen LogP contribution >= 0.6 is 15.9 Å². The van der Waals surface area contributed by atoms with Crippen molar-refractivity contribution in [2.45, 2.75) is 37.6 Å². The maximum Gasteiger partial charge on any atom is 0.247 e. The van der Waals surface area contributed by atoms with E-state index in [0.29, 0.717) is 12.5 Å². The first-order valence-corrected chi connectivity index (χ1v) is 7.91. The fraction of sp³-hybridized carbons (Fsp3) is 0.500. The third-order valence-corrected chi connectivity index (χ3v) is 6.33. The molecule has 0 aliphatic carbocycles. The number of sulfonamides is 1. The lowest BCUT2D eigenvalue weighted by molar-refractivity contribution is 0.256. The average Bonchev–Trinajstić information content (AvgIpc) is 2.26. The van der Waals surface area contributed by atoms with Gasteiger partial charge in [-0.1, -0.05) is 6.92 Å². The second-order valence-corrected chi connectivity index (χ2v) is 7.60. The lowest BCUT2D eigenvalue weighted by atomic mass is 10.0. The van der Waals surface area contributed by atoms with Gasteiger partial charge in [-0.2, -0.15) is 4.31 Å². The first-order chi connectivity index (χ1) is 8.54. The Morgan fingerprint density at radius 1 is 1.32 bits per heavy atom. The third kappa shape index (κ3) is 3.14. The molecule has 0 aliphatic rings. The van der Waals surface area contributed by atoms with E-state index in [9.17, 15) is 17.2 Å². The van der Waals surface area contributed by atoms with Gasteiger partial charge in [0.1, 0.15) is 16.5 Å². The van der Waals surface area contributed by atoms with Gasteiger partial charge in [0.05, 0.1) is 0 Å². The highest BCUT2D eigenvalue weighted by Gasteiger charge is 2.35. The van der Waals surface area contributed by atoms with Crippen LogP contribution in [-0.2, 0) is 10.0 Å². The average molecular weight is 356 g/mol. The molecule has 0 saturated carbocycles. The van der Waals surface area contributed by atoms with Gasteiger partial charge >= 0.3 is 0 Å². The van der Waals surface area contributed by atoms with Crippen molar-refractivity contribution in [3.05, 3.63) is 28.2 Å². The maximum atomic E-state index is 13.8. The molecule has 0 atom stereocenters. The molecule has 0 bridgehead atoms. The fourth-order valence-electron chi connectivity index (χ4n) is 1.46. The minimum absolute atomic E-state index is 0.122. The summed E-state index contributed by atoms with van der Waals surface area (Å²) in [5, 5.41) is 0. The number of benzene rings is 1. The number of halogens is 3. The summed E-state index contributed by atoms with van der Waals surface area (Å²) < 4.78 is 52.6. The molecule has 0 aromatic heterocycles. The molecule has 19 heavy (non-hydrogen) atoms. The van der Waals surface area contributed by atoms with Gasteiger partial charge in [-0.25, -0.2) is 17.2 Å². The van der Waals surface area contributed by atoms with Crippen molar-refractivity contribution in [2.75, 3.05) is 7.05 Å². The van der Waals surface area contributed by atoms with Crippen LogP contribution in [0.15, 0.2) is 21.5 Å². The summed E-state index contributed by atoms with van der Waals surface area (Å²) in [4.78, 5) is -0.544. The van der Waals surface area contributed by atoms with Crippen LogP contribution in [0.25, 0.3) is 0 Å². The van der Waals surface area contributed by atoms with E-state index in [-0.39, 0.29) is 4.47 Å². The van der Waals surface area contributed by atoms with Crippen molar-refractivity contribution in [3.63, 3.8) is 0 Å². The lowest BCUT2D eigenvalue weighted by Gasteiger charge is -2.33. The second kappa shape index (κ2) is 5.46. The van der Waals surface area contributed by atoms with Gasteiger partial charge in [0.25, 0.3) is 0 Å². The lowest BCUT2D eigenvalue weighted by Crippen LogP contribution is -2.44. The van der Waals surface area contributed by atoms with E-state index in [0.717, 1.165) is 10.4 Å². The summed E-state index contributed by atoms with van der Waals surface area (Å²) in [5.74, 6) is -1.94. The van der Waals surface area contributed by atoms with Crippen LogP contribution in [0.2, 0.25) is 0 Å². The molecule has 0 heterocycles. The van der Waals surface area contributed by atoms with Gasteiger partial charge in [0.2, 0.25) is 10.0 Å². The van der Waals surface area contributed by atoms with Crippen molar-refractivity contribution < 1.29 is 17.2 Å². The van der Waals surface area contributed by atoms with Crippen molar-refractivity contribution in [2.24, 2.45) is 0 Å². The van der Waals surface area contributed by atoms with Crippen molar-refractivity contribution in [1.29, 1.82) is 0 Å². The number of rotatable bonds is 4. The van der Waals surface area contributed by atoms with Crippen LogP contribution in [0.4, 0.5) is 8.78 Å². The Labute approximate surface area is 120 Å². The minimum Gasteiger partial charge on any atom is -0.207 e. The van der Waals surface area contributed by atoms with Gasteiger partial charge < -0.3 is 0 Å². The fourth-order valence-corrected chi connectivity index (χ4v) is 4.15. The molecule has 108 valence electrons. The van der Waals surface area contributed by atoms with Gasteiger partial charge in [-0.3, -0.25) is 0 Å². The van der Waals surface area contributed by atoms with Gasteiger partial charge in [0, 0.05) is 23.1 Å². The molecule has 1 aromatic carbocycles. The molecule has 0 saturated heterocycles. The van der Waals surface area contributed by atoms with Crippen LogP contribution in [-0.4, -0.2) is 25.3 Å². The molecule has 0 N–H and O–H groups in total. The summed E-state index contributed by atoms with van der Waals surface area (Å²) in [7, 11) is -2.66. The SMILES string of the molecule is CCC(C)(C)N(C)S(=O)(=O)c1c(F)cc(F)cc1Br. The monoisotopic (exact) mass is 355 g/mol. The van der Waals surface area contributed by atoms with Crippen LogP contribution in [0, 0.1) is 11.6 Å². The highest BCUT2D eigenvalue weighted by molar-refractivity contribution is 9.10. The van der Waals surface area contributed by atoms with E-state index in [1.807, 2.05) is 6.92 Å². The van der Waals surface area contributed by atoms with E-state index >= 15 is 0 Å². The molecule has 3 nitrogen and oxygen atoms in total. The Morgan fingerprint density at radius 3 is 2.26 bits per heavy atom. The van der Waals surface area contributed by atoms with Gasteiger partial charge in [-0.15, -0.1) is 0 Å². The second-order valence-electron chi connectivity index (χ2n) is 4.84. The first kappa shape index (κ1) is 16.5. The zero-order valence-corrected chi connectivity index (χ0v) is 13.6. The van der Waals surface area contributed by atoms with Gasteiger partial charge in [0.15, 0.2) is 0 Å². The zero-order valence-electron chi connectivity index (χ0n) is 11.2. The molecular formula is C12H16BrF2NO2S. The molecule has 0 fully saturated rings. The van der Waals surface area contributed by atoms with E-state index in [1.165, 1.54) is 7.05 Å². The molecule has 0 radical (unpaired) electrons. The van der Waals surface area contributed by atoms with Gasteiger partial charge in [-0.05, 0) is 42.3 Å². The normalized spacial score (nSPS) is 13.1. The highest BCUT2D eigenvalue weighted by Crippen LogP contribution is 2.32. The predicted octanol–water partition coefficient (Wildman–Crippen LogP) is 3.54. The van der Waals surface area contributed by atoms with E-state index in [2.05, 4.69) is 15.9 Å². The Bertz CT molecular complexity index is 564. The molecule has 0 spiro atoms. The van der Waals surface area contributed by atoms with Crippen LogP contribution in [0.5, 0.6) is 0 Å². The zero-order chi connectivity index (χ0) is 15.0. The van der Waals surface area contributed by atoms with E-state index in [4.69, 9.17) is 0 Å². The maximum absolute atomic E-state index is 13.8. The number of hydrogen-bond acceptors (Lipinski definition) is 2. The number of hydrogen-bond donors (Lipinski definition) is 0. The number of nitrogens with zero attached hydrogens (tertiary/aromatic N) is 1. The summed E-state index contributed by atoms with van der Waals surface area (Å²) in [5.41, 5.74) is -0.668. The van der Waals surface area contributed by atoms with Crippen molar-refractivity contribution in [1.82, 2.24) is 4.31 Å². The minimum atomic E-state index is -4.04. The van der Waals surface area contributed by atoms with E-state index in [1.54, 1.807) is 13.8 Å². The van der Waals surface area contributed by atoms with Crippen LogP contribution in [0.1, 0.15) is 27.2 Å².